The number of carbonyl (C=O) groups is 2. The summed E-state index contributed by atoms with van der Waals surface area (Å²) in [5.74, 6) is 0.200. The van der Waals surface area contributed by atoms with Crippen molar-refractivity contribution in [1.82, 2.24) is 5.32 Å². The summed E-state index contributed by atoms with van der Waals surface area (Å²) in [6.07, 6.45) is 1.95. The molecule has 0 bridgehead atoms. The molecule has 2 aromatic rings. The standard InChI is InChI=1S/C22H27NO2S2/c1-16-7-11-19(12-8-16)26-22(27-20-13-9-17(2)10-14-20)15-18(24)5-4-6-21(25)23-3/h7-14,22H,4-6,15H2,1-3H3,(H,23,25). The van der Waals surface area contributed by atoms with Crippen molar-refractivity contribution in [3.63, 3.8) is 0 Å². The number of thioether (sulfide) groups is 2. The first-order valence-corrected chi connectivity index (χ1v) is 10.9. The van der Waals surface area contributed by atoms with E-state index in [-0.39, 0.29) is 16.3 Å². The predicted molar refractivity (Wildman–Crippen MR) is 115 cm³/mol. The largest absolute Gasteiger partial charge is 0.359 e. The van der Waals surface area contributed by atoms with Crippen molar-refractivity contribution in [3.05, 3.63) is 59.7 Å². The van der Waals surface area contributed by atoms with Crippen LogP contribution in [0.5, 0.6) is 0 Å². The molecule has 0 heterocycles. The van der Waals surface area contributed by atoms with Gasteiger partial charge in [0.15, 0.2) is 0 Å². The van der Waals surface area contributed by atoms with Crippen molar-refractivity contribution in [3.8, 4) is 0 Å². The van der Waals surface area contributed by atoms with Crippen LogP contribution in [0.2, 0.25) is 0 Å². The van der Waals surface area contributed by atoms with Crippen LogP contribution in [-0.4, -0.2) is 23.3 Å². The Bertz CT molecular complexity index is 694. The minimum atomic E-state index is -0.0117. The first kappa shape index (κ1) is 21.6. The SMILES string of the molecule is CNC(=O)CCCC(=O)CC(Sc1ccc(C)cc1)Sc1ccc(C)cc1. The first-order chi connectivity index (χ1) is 13.0. The number of carbonyl (C=O) groups excluding carboxylic acids is 2. The van der Waals surface area contributed by atoms with Crippen LogP contribution in [-0.2, 0) is 9.59 Å². The Kier molecular flexibility index (Phi) is 8.95. The average molecular weight is 402 g/mol. The molecule has 27 heavy (non-hydrogen) atoms. The van der Waals surface area contributed by atoms with Crippen molar-refractivity contribution in [2.24, 2.45) is 0 Å². The minimum Gasteiger partial charge on any atom is -0.359 e. The molecule has 0 aliphatic heterocycles. The predicted octanol–water partition coefficient (Wildman–Crippen LogP) is 5.39. The van der Waals surface area contributed by atoms with E-state index in [0.29, 0.717) is 25.7 Å². The van der Waals surface area contributed by atoms with Gasteiger partial charge in [0.2, 0.25) is 5.91 Å². The molecule has 2 rings (SSSR count). The van der Waals surface area contributed by atoms with E-state index in [0.717, 1.165) is 0 Å². The normalized spacial score (nSPS) is 10.8. The lowest BCUT2D eigenvalue weighted by Crippen LogP contribution is -2.17. The summed E-state index contributed by atoms with van der Waals surface area (Å²) < 4.78 is 0.114. The minimum absolute atomic E-state index is 0.0117. The van der Waals surface area contributed by atoms with E-state index in [2.05, 4.69) is 67.7 Å². The van der Waals surface area contributed by atoms with Gasteiger partial charge in [-0.2, -0.15) is 0 Å². The zero-order valence-electron chi connectivity index (χ0n) is 16.2. The number of ketones is 1. The number of rotatable bonds is 10. The summed E-state index contributed by atoms with van der Waals surface area (Å²) >= 11 is 3.46. The molecule has 1 N–H and O–H groups in total. The number of amides is 1. The Morgan fingerprint density at radius 3 is 1.78 bits per heavy atom. The topological polar surface area (TPSA) is 46.2 Å². The Morgan fingerprint density at radius 1 is 0.852 bits per heavy atom. The lowest BCUT2D eigenvalue weighted by atomic mass is 10.1. The van der Waals surface area contributed by atoms with Crippen molar-refractivity contribution in [2.75, 3.05) is 7.05 Å². The van der Waals surface area contributed by atoms with Gasteiger partial charge in [0, 0.05) is 36.1 Å². The maximum absolute atomic E-state index is 12.5. The first-order valence-electron chi connectivity index (χ1n) is 9.15. The number of hydrogen-bond donors (Lipinski definition) is 1. The van der Waals surface area contributed by atoms with Gasteiger partial charge < -0.3 is 5.32 Å². The molecule has 5 heteroatoms. The van der Waals surface area contributed by atoms with Crippen LogP contribution in [0.25, 0.3) is 0 Å². The van der Waals surface area contributed by atoms with Crippen LogP contribution >= 0.6 is 23.5 Å². The maximum Gasteiger partial charge on any atom is 0.219 e. The quantitative estimate of drug-likeness (QED) is 0.428. The smallest absolute Gasteiger partial charge is 0.219 e. The molecule has 0 unspecified atom stereocenters. The Hall–Kier alpha value is -1.72. The molecule has 0 radical (unpaired) electrons. The van der Waals surface area contributed by atoms with Crippen molar-refractivity contribution in [1.29, 1.82) is 0 Å². The second-order valence-electron chi connectivity index (χ2n) is 6.56. The summed E-state index contributed by atoms with van der Waals surface area (Å²) in [4.78, 5) is 26.1. The van der Waals surface area contributed by atoms with Gasteiger partial charge in [-0.15, -0.1) is 23.5 Å². The molecule has 0 atom stereocenters. The van der Waals surface area contributed by atoms with Crippen LogP contribution in [0.3, 0.4) is 0 Å². The van der Waals surface area contributed by atoms with Crippen LogP contribution in [0, 0.1) is 13.8 Å². The molecule has 0 fully saturated rings. The van der Waals surface area contributed by atoms with Gasteiger partial charge in [0.25, 0.3) is 0 Å². The number of benzene rings is 2. The van der Waals surface area contributed by atoms with E-state index in [4.69, 9.17) is 0 Å². The second-order valence-corrected chi connectivity index (χ2v) is 9.41. The molecular weight excluding hydrogens is 374 g/mol. The molecule has 0 saturated carbocycles. The average Bonchev–Trinajstić information content (AvgIpc) is 2.65. The molecule has 2 aromatic carbocycles. The van der Waals surface area contributed by atoms with Gasteiger partial charge in [0.05, 0.1) is 4.58 Å². The van der Waals surface area contributed by atoms with Crippen LogP contribution in [0.1, 0.15) is 36.8 Å². The lowest BCUT2D eigenvalue weighted by Gasteiger charge is -2.16. The molecule has 0 aliphatic carbocycles. The monoisotopic (exact) mass is 401 g/mol. The summed E-state index contributed by atoms with van der Waals surface area (Å²) in [5.41, 5.74) is 2.46. The number of hydrogen-bond acceptors (Lipinski definition) is 4. The third-order valence-corrected chi connectivity index (χ3v) is 6.63. The van der Waals surface area contributed by atoms with Gasteiger partial charge in [0.1, 0.15) is 5.78 Å². The fourth-order valence-corrected chi connectivity index (χ4v) is 5.09. The highest BCUT2D eigenvalue weighted by Crippen LogP contribution is 2.38. The molecule has 3 nitrogen and oxygen atoms in total. The highest BCUT2D eigenvalue weighted by Gasteiger charge is 2.17. The van der Waals surface area contributed by atoms with Crippen molar-refractivity contribution >= 4 is 35.2 Å². The highest BCUT2D eigenvalue weighted by molar-refractivity contribution is 8.17. The molecule has 0 spiro atoms. The summed E-state index contributed by atoms with van der Waals surface area (Å²) in [5, 5.41) is 2.60. The Labute approximate surface area is 170 Å². The molecular formula is C22H27NO2S2. The third kappa shape index (κ3) is 8.22. The van der Waals surface area contributed by atoms with E-state index < -0.39 is 0 Å². The van der Waals surface area contributed by atoms with Gasteiger partial charge in [-0.1, -0.05) is 35.4 Å². The van der Waals surface area contributed by atoms with E-state index in [1.165, 1.54) is 20.9 Å². The molecule has 0 aliphatic rings. The van der Waals surface area contributed by atoms with Gasteiger partial charge in [-0.3, -0.25) is 9.59 Å². The van der Waals surface area contributed by atoms with Crippen LogP contribution < -0.4 is 5.32 Å². The zero-order valence-corrected chi connectivity index (χ0v) is 17.8. The number of nitrogens with one attached hydrogen (secondary N) is 1. The molecule has 0 aromatic heterocycles. The fraction of sp³-hybridized carbons (Fsp3) is 0.364. The fourth-order valence-electron chi connectivity index (χ4n) is 2.50. The number of Topliss-reactive ketones (excluding diaryl/α,β-unsaturated/α-hetero) is 1. The molecule has 1 amide bonds. The van der Waals surface area contributed by atoms with Gasteiger partial charge >= 0.3 is 0 Å². The van der Waals surface area contributed by atoms with E-state index in [1.54, 1.807) is 30.6 Å². The van der Waals surface area contributed by atoms with Crippen molar-refractivity contribution < 1.29 is 9.59 Å². The summed E-state index contributed by atoms with van der Waals surface area (Å²) in [7, 11) is 1.62. The second kappa shape index (κ2) is 11.2. The van der Waals surface area contributed by atoms with Crippen LogP contribution in [0.4, 0.5) is 0 Å². The highest BCUT2D eigenvalue weighted by atomic mass is 32.2. The van der Waals surface area contributed by atoms with Gasteiger partial charge in [-0.25, -0.2) is 0 Å². The zero-order chi connectivity index (χ0) is 19.6. The lowest BCUT2D eigenvalue weighted by molar-refractivity contribution is -0.121. The summed E-state index contributed by atoms with van der Waals surface area (Å²) in [6, 6.07) is 16.8. The van der Waals surface area contributed by atoms with E-state index in [9.17, 15) is 9.59 Å². The number of aryl methyl sites for hydroxylation is 2. The Balaban J connectivity index is 1.99. The van der Waals surface area contributed by atoms with Crippen LogP contribution in [0.15, 0.2) is 58.3 Å². The van der Waals surface area contributed by atoms with E-state index in [1.807, 2.05) is 0 Å². The Morgan fingerprint density at radius 2 is 1.33 bits per heavy atom. The van der Waals surface area contributed by atoms with Gasteiger partial charge in [-0.05, 0) is 44.5 Å². The third-order valence-electron chi connectivity index (χ3n) is 4.11. The van der Waals surface area contributed by atoms with Crippen molar-refractivity contribution in [2.45, 2.75) is 53.9 Å². The summed E-state index contributed by atoms with van der Waals surface area (Å²) in [6.45, 7) is 4.14. The maximum atomic E-state index is 12.5. The molecule has 0 saturated heterocycles. The van der Waals surface area contributed by atoms with E-state index >= 15 is 0 Å². The molecule has 144 valence electrons.